The molecule has 2 fully saturated rings. The third-order valence-corrected chi connectivity index (χ3v) is 10.8. The smallest absolute Gasteiger partial charge is 0.303 e. The number of benzene rings is 1. The maximum atomic E-state index is 14.2. The molecule has 41 heavy (non-hydrogen) atoms. The number of phenols is 1. The summed E-state index contributed by atoms with van der Waals surface area (Å²) in [6.45, 7) is 8.36. The van der Waals surface area contributed by atoms with Gasteiger partial charge in [-0.3, -0.25) is 24.0 Å². The number of carboxylic acid groups (broad SMARTS) is 1. The number of amides is 1. The van der Waals surface area contributed by atoms with Gasteiger partial charge in [-0.1, -0.05) is 46.8 Å². The van der Waals surface area contributed by atoms with Crippen LogP contribution in [0, 0.1) is 40.4 Å². The van der Waals surface area contributed by atoms with Gasteiger partial charge in [0.15, 0.2) is 17.2 Å². The van der Waals surface area contributed by atoms with Crippen molar-refractivity contribution >= 4 is 29.2 Å². The number of fused-ring (bicyclic) bond motifs is 3. The van der Waals surface area contributed by atoms with E-state index in [0.717, 1.165) is 0 Å². The minimum atomic E-state index is -2.81. The molecule has 4 rings (SSSR count). The number of aliphatic hydroxyl groups excluding tert-OH is 2. The Morgan fingerprint density at radius 3 is 2.22 bits per heavy atom. The van der Waals surface area contributed by atoms with Gasteiger partial charge in [0.25, 0.3) is 0 Å². The van der Waals surface area contributed by atoms with Crippen LogP contribution in [-0.4, -0.2) is 72.6 Å². The molecule has 3 aliphatic rings. The SMILES string of the molecule is CC(C)[C@H]1C(O)[C@@H](C(N)=O)C(=O)[C@]2(O)C(O)[C@H]3C(=O)c4c(O)cccc4[C@@H](C)[C@]3(C)[C@@H](CC(=O)CCC(=O)O)[C@]12C. The Morgan fingerprint density at radius 1 is 1.07 bits per heavy atom. The lowest BCUT2D eigenvalue weighted by molar-refractivity contribution is -0.292. The highest BCUT2D eigenvalue weighted by Crippen LogP contribution is 2.71. The van der Waals surface area contributed by atoms with E-state index in [0.29, 0.717) is 5.56 Å². The van der Waals surface area contributed by atoms with Crippen LogP contribution in [0.15, 0.2) is 18.2 Å². The molecule has 11 heteroatoms. The molecule has 0 radical (unpaired) electrons. The molecule has 224 valence electrons. The van der Waals surface area contributed by atoms with Gasteiger partial charge in [-0.25, -0.2) is 0 Å². The van der Waals surface area contributed by atoms with E-state index in [1.165, 1.54) is 13.0 Å². The molecule has 3 aliphatic carbocycles. The molecule has 2 unspecified atom stereocenters. The summed E-state index contributed by atoms with van der Waals surface area (Å²) >= 11 is 0. The zero-order valence-electron chi connectivity index (χ0n) is 23.8. The molecule has 0 bridgehead atoms. The molecule has 0 heterocycles. The molecular formula is C30H39NO10. The van der Waals surface area contributed by atoms with Crippen molar-refractivity contribution in [2.45, 2.75) is 77.6 Å². The van der Waals surface area contributed by atoms with Crippen molar-refractivity contribution in [1.82, 2.24) is 0 Å². The second-order valence-corrected chi connectivity index (χ2v) is 12.9. The quantitative estimate of drug-likeness (QED) is 0.256. The van der Waals surface area contributed by atoms with Crippen molar-refractivity contribution < 1.29 is 49.5 Å². The van der Waals surface area contributed by atoms with Gasteiger partial charge in [0, 0.05) is 18.3 Å². The number of carbonyl (C=O) groups is 5. The average Bonchev–Trinajstić information content (AvgIpc) is 2.86. The Hall–Kier alpha value is -3.15. The number of rotatable bonds is 7. The Balaban J connectivity index is 2.08. The number of primary amides is 1. The molecule has 10 atom stereocenters. The van der Waals surface area contributed by atoms with E-state index in [9.17, 15) is 49.5 Å². The molecule has 11 nitrogen and oxygen atoms in total. The van der Waals surface area contributed by atoms with Crippen LogP contribution in [0.1, 0.15) is 75.7 Å². The monoisotopic (exact) mass is 573 g/mol. The van der Waals surface area contributed by atoms with Crippen molar-refractivity contribution in [3.05, 3.63) is 29.3 Å². The van der Waals surface area contributed by atoms with Crippen molar-refractivity contribution in [3.8, 4) is 5.75 Å². The number of carboxylic acids is 1. The molecule has 1 aromatic rings. The van der Waals surface area contributed by atoms with Crippen molar-refractivity contribution in [2.24, 2.45) is 46.2 Å². The fourth-order valence-corrected chi connectivity index (χ4v) is 8.95. The molecule has 1 amide bonds. The fourth-order valence-electron chi connectivity index (χ4n) is 8.95. The van der Waals surface area contributed by atoms with Gasteiger partial charge >= 0.3 is 5.97 Å². The number of hydrogen-bond donors (Lipinski definition) is 6. The van der Waals surface area contributed by atoms with Gasteiger partial charge in [-0.05, 0) is 40.7 Å². The molecule has 0 saturated heterocycles. The van der Waals surface area contributed by atoms with Crippen LogP contribution in [0.25, 0.3) is 0 Å². The van der Waals surface area contributed by atoms with Crippen LogP contribution < -0.4 is 5.73 Å². The maximum Gasteiger partial charge on any atom is 0.303 e. The van der Waals surface area contributed by atoms with E-state index in [4.69, 9.17) is 5.73 Å². The summed E-state index contributed by atoms with van der Waals surface area (Å²) in [4.78, 5) is 65.3. The van der Waals surface area contributed by atoms with Gasteiger partial charge < -0.3 is 31.3 Å². The molecule has 0 aliphatic heterocycles. The lowest BCUT2D eigenvalue weighted by Crippen LogP contribution is -2.82. The number of aromatic hydroxyl groups is 1. The highest BCUT2D eigenvalue weighted by atomic mass is 16.4. The fraction of sp³-hybridized carbons (Fsp3) is 0.633. The lowest BCUT2D eigenvalue weighted by atomic mass is 9.33. The van der Waals surface area contributed by atoms with Gasteiger partial charge in [0.2, 0.25) is 5.91 Å². The first-order valence-electron chi connectivity index (χ1n) is 13.9. The zero-order valence-corrected chi connectivity index (χ0v) is 23.8. The molecule has 2 saturated carbocycles. The number of aliphatic carboxylic acids is 1. The molecule has 1 aromatic carbocycles. The number of aliphatic hydroxyl groups is 3. The van der Waals surface area contributed by atoms with Crippen LogP contribution in [0.4, 0.5) is 0 Å². The number of nitrogens with two attached hydrogens (primary N) is 1. The first-order valence-corrected chi connectivity index (χ1v) is 13.9. The minimum Gasteiger partial charge on any atom is -0.507 e. The van der Waals surface area contributed by atoms with Crippen LogP contribution in [-0.2, 0) is 19.2 Å². The maximum absolute atomic E-state index is 14.2. The van der Waals surface area contributed by atoms with Crippen LogP contribution in [0.3, 0.4) is 0 Å². The Labute approximate surface area is 237 Å². The number of Topliss-reactive ketones (excluding diaryl/α,β-unsaturated/α-hetero) is 3. The lowest BCUT2D eigenvalue weighted by Gasteiger charge is -2.71. The number of carbonyl (C=O) groups excluding carboxylic acids is 4. The van der Waals surface area contributed by atoms with E-state index >= 15 is 0 Å². The van der Waals surface area contributed by atoms with Gasteiger partial charge in [-0.2, -0.15) is 0 Å². The van der Waals surface area contributed by atoms with E-state index in [1.54, 1.807) is 39.8 Å². The number of ketones is 3. The van der Waals surface area contributed by atoms with E-state index in [2.05, 4.69) is 0 Å². The van der Waals surface area contributed by atoms with Crippen molar-refractivity contribution in [1.29, 1.82) is 0 Å². The number of hydrogen-bond acceptors (Lipinski definition) is 9. The van der Waals surface area contributed by atoms with Crippen LogP contribution in [0.5, 0.6) is 5.75 Å². The molecule has 0 aromatic heterocycles. The Kier molecular flexibility index (Phi) is 7.51. The van der Waals surface area contributed by atoms with Gasteiger partial charge in [0.1, 0.15) is 23.6 Å². The first-order chi connectivity index (χ1) is 18.9. The van der Waals surface area contributed by atoms with Crippen molar-refractivity contribution in [2.75, 3.05) is 0 Å². The summed E-state index contributed by atoms with van der Waals surface area (Å²) in [5.74, 6) is -11.9. The second kappa shape index (κ2) is 9.99. The van der Waals surface area contributed by atoms with E-state index < -0.39 is 99.8 Å². The molecule has 7 N–H and O–H groups in total. The standard InChI is InChI=1S/C30H39NO10/c1-12(2)21-24(37)20(27(31)40)25(38)30(41)26(39)22-23(36)19-15(7-6-8-16(19)33)13(3)28(22,4)17(29(21,30)5)11-14(32)9-10-18(34)35/h6-8,12-13,17,20-22,24,26,33,37,39,41H,9-11H2,1-5H3,(H2,31,40)(H,34,35)/t13-,17-,20-,21+,22-,24?,26?,28-,29-,30+/m1/s1. The highest BCUT2D eigenvalue weighted by molar-refractivity contribution is 6.09. The third-order valence-electron chi connectivity index (χ3n) is 10.8. The summed E-state index contributed by atoms with van der Waals surface area (Å²) in [7, 11) is 0. The van der Waals surface area contributed by atoms with E-state index in [-0.39, 0.29) is 24.2 Å². The summed E-state index contributed by atoms with van der Waals surface area (Å²) in [6.07, 6.45) is -4.94. The summed E-state index contributed by atoms with van der Waals surface area (Å²) in [5, 5.41) is 55.8. The van der Waals surface area contributed by atoms with E-state index in [1.807, 2.05) is 0 Å². The zero-order chi connectivity index (χ0) is 31.0. The summed E-state index contributed by atoms with van der Waals surface area (Å²) < 4.78 is 0. The minimum absolute atomic E-state index is 0.0696. The topological polar surface area (TPSA) is 213 Å². The van der Waals surface area contributed by atoms with Crippen molar-refractivity contribution in [3.63, 3.8) is 0 Å². The van der Waals surface area contributed by atoms with Gasteiger partial charge in [-0.15, -0.1) is 0 Å². The molecular weight excluding hydrogens is 534 g/mol. The summed E-state index contributed by atoms with van der Waals surface area (Å²) in [5.41, 5.74) is 0.00000127. The predicted octanol–water partition coefficient (Wildman–Crippen LogP) is 1.18. The summed E-state index contributed by atoms with van der Waals surface area (Å²) in [6, 6.07) is 4.53. The Morgan fingerprint density at radius 2 is 1.68 bits per heavy atom. The normalized spacial score (nSPS) is 40.0. The highest BCUT2D eigenvalue weighted by Gasteiger charge is 2.80. The Bertz CT molecular complexity index is 1320. The average molecular weight is 574 g/mol. The van der Waals surface area contributed by atoms with Crippen LogP contribution in [0.2, 0.25) is 0 Å². The first kappa shape index (κ1) is 30.8. The van der Waals surface area contributed by atoms with Gasteiger partial charge in [0.05, 0.1) is 24.0 Å². The second-order valence-electron chi connectivity index (χ2n) is 12.9. The molecule has 0 spiro atoms. The predicted molar refractivity (Wildman–Crippen MR) is 144 cm³/mol. The largest absolute Gasteiger partial charge is 0.507 e. The van der Waals surface area contributed by atoms with Crippen LogP contribution >= 0.6 is 0 Å². The number of phenolic OH excluding ortho intramolecular Hbond substituents is 1. The third kappa shape index (κ3) is 3.92.